The van der Waals surface area contributed by atoms with E-state index < -0.39 is 0 Å². The fourth-order valence-electron chi connectivity index (χ4n) is 2.05. The molecule has 0 spiro atoms. The molecular formula is C16H18BrNO. The van der Waals surface area contributed by atoms with Crippen LogP contribution < -0.4 is 10.1 Å². The van der Waals surface area contributed by atoms with Gasteiger partial charge in [-0.1, -0.05) is 46.3 Å². The van der Waals surface area contributed by atoms with Gasteiger partial charge in [-0.25, -0.2) is 0 Å². The molecule has 0 saturated carbocycles. The van der Waals surface area contributed by atoms with Crippen LogP contribution in [-0.4, -0.2) is 7.11 Å². The average Bonchev–Trinajstić information content (AvgIpc) is 2.45. The van der Waals surface area contributed by atoms with Crippen LogP contribution in [0.4, 0.5) is 0 Å². The van der Waals surface area contributed by atoms with Crippen LogP contribution in [0.1, 0.15) is 24.1 Å². The first kappa shape index (κ1) is 14.1. The standard InChI is InChI=1S/C16H18BrNO/c1-12(15-8-3-4-9-16(15)19-2)18-11-13-6-5-7-14(17)10-13/h3-10,12,18H,11H2,1-2H3/t12-/m0/s1. The summed E-state index contributed by atoms with van der Waals surface area (Å²) in [4.78, 5) is 0. The molecule has 0 bridgehead atoms. The highest BCUT2D eigenvalue weighted by Crippen LogP contribution is 2.24. The van der Waals surface area contributed by atoms with E-state index in [9.17, 15) is 0 Å². The smallest absolute Gasteiger partial charge is 0.123 e. The Morgan fingerprint density at radius 2 is 1.95 bits per heavy atom. The summed E-state index contributed by atoms with van der Waals surface area (Å²) in [6, 6.07) is 16.7. The van der Waals surface area contributed by atoms with Gasteiger partial charge in [0.25, 0.3) is 0 Å². The van der Waals surface area contributed by atoms with E-state index in [2.05, 4.69) is 52.4 Å². The van der Waals surface area contributed by atoms with Crippen LogP contribution in [0.5, 0.6) is 5.75 Å². The van der Waals surface area contributed by atoms with Gasteiger partial charge in [0.2, 0.25) is 0 Å². The topological polar surface area (TPSA) is 21.3 Å². The third-order valence-electron chi connectivity index (χ3n) is 3.11. The Kier molecular flexibility index (Phi) is 5.00. The number of benzene rings is 2. The molecule has 0 unspecified atom stereocenters. The van der Waals surface area contributed by atoms with E-state index in [0.717, 1.165) is 16.8 Å². The minimum absolute atomic E-state index is 0.245. The van der Waals surface area contributed by atoms with Crippen LogP contribution in [0.3, 0.4) is 0 Å². The van der Waals surface area contributed by atoms with E-state index in [4.69, 9.17) is 4.74 Å². The second kappa shape index (κ2) is 6.73. The fraction of sp³-hybridized carbons (Fsp3) is 0.250. The lowest BCUT2D eigenvalue weighted by atomic mass is 10.1. The Balaban J connectivity index is 2.03. The molecule has 2 nitrogen and oxygen atoms in total. The van der Waals surface area contributed by atoms with Crippen molar-refractivity contribution < 1.29 is 4.74 Å². The molecule has 2 aromatic rings. The zero-order valence-electron chi connectivity index (χ0n) is 11.2. The minimum atomic E-state index is 0.245. The third-order valence-corrected chi connectivity index (χ3v) is 3.60. The summed E-state index contributed by atoms with van der Waals surface area (Å²) in [6.45, 7) is 2.98. The normalized spacial score (nSPS) is 12.2. The molecule has 1 atom stereocenters. The largest absolute Gasteiger partial charge is 0.496 e. The lowest BCUT2D eigenvalue weighted by molar-refractivity contribution is 0.401. The van der Waals surface area contributed by atoms with E-state index in [-0.39, 0.29) is 6.04 Å². The van der Waals surface area contributed by atoms with Crippen molar-refractivity contribution in [1.82, 2.24) is 5.32 Å². The van der Waals surface area contributed by atoms with Gasteiger partial charge in [-0.2, -0.15) is 0 Å². The maximum Gasteiger partial charge on any atom is 0.123 e. The summed E-state index contributed by atoms with van der Waals surface area (Å²) in [5.74, 6) is 0.928. The van der Waals surface area contributed by atoms with Crippen molar-refractivity contribution in [1.29, 1.82) is 0 Å². The van der Waals surface area contributed by atoms with Crippen molar-refractivity contribution in [2.75, 3.05) is 7.11 Å². The number of ether oxygens (including phenoxy) is 1. The molecule has 0 aromatic heterocycles. The number of para-hydroxylation sites is 1. The Morgan fingerprint density at radius 1 is 1.16 bits per heavy atom. The molecule has 2 rings (SSSR count). The van der Waals surface area contributed by atoms with Crippen LogP contribution in [0.25, 0.3) is 0 Å². The summed E-state index contributed by atoms with van der Waals surface area (Å²) < 4.78 is 6.50. The van der Waals surface area contributed by atoms with Crippen molar-refractivity contribution in [3.8, 4) is 5.75 Å². The van der Waals surface area contributed by atoms with Gasteiger partial charge in [-0.05, 0) is 30.7 Å². The van der Waals surface area contributed by atoms with Crippen molar-refractivity contribution in [2.45, 2.75) is 19.5 Å². The predicted octanol–water partition coefficient (Wildman–Crippen LogP) is 4.31. The highest BCUT2D eigenvalue weighted by Gasteiger charge is 2.09. The molecule has 2 aromatic carbocycles. The first-order chi connectivity index (χ1) is 9.20. The molecule has 0 saturated heterocycles. The maximum atomic E-state index is 5.39. The Hall–Kier alpha value is -1.32. The van der Waals surface area contributed by atoms with Crippen molar-refractivity contribution >= 4 is 15.9 Å². The molecule has 0 heterocycles. The molecule has 0 fully saturated rings. The molecule has 0 aliphatic heterocycles. The quantitative estimate of drug-likeness (QED) is 0.886. The first-order valence-corrected chi connectivity index (χ1v) is 7.10. The van der Waals surface area contributed by atoms with Crippen LogP contribution in [0.15, 0.2) is 53.0 Å². The minimum Gasteiger partial charge on any atom is -0.496 e. The number of hydrogen-bond acceptors (Lipinski definition) is 2. The van der Waals surface area contributed by atoms with E-state index in [1.54, 1.807) is 7.11 Å². The third kappa shape index (κ3) is 3.82. The molecule has 0 aliphatic rings. The zero-order valence-corrected chi connectivity index (χ0v) is 12.8. The zero-order chi connectivity index (χ0) is 13.7. The van der Waals surface area contributed by atoms with Crippen molar-refractivity contribution in [3.63, 3.8) is 0 Å². The molecule has 100 valence electrons. The number of nitrogens with one attached hydrogen (secondary N) is 1. The van der Waals surface area contributed by atoms with Crippen molar-refractivity contribution in [3.05, 3.63) is 64.1 Å². The lowest BCUT2D eigenvalue weighted by Crippen LogP contribution is -2.18. The van der Waals surface area contributed by atoms with E-state index in [1.165, 1.54) is 11.1 Å². The van der Waals surface area contributed by atoms with Gasteiger partial charge in [0.1, 0.15) is 5.75 Å². The van der Waals surface area contributed by atoms with E-state index in [0.29, 0.717) is 0 Å². The summed E-state index contributed by atoms with van der Waals surface area (Å²) >= 11 is 3.49. The van der Waals surface area contributed by atoms with Gasteiger partial charge in [0.15, 0.2) is 0 Å². The van der Waals surface area contributed by atoms with Crippen LogP contribution in [0.2, 0.25) is 0 Å². The monoisotopic (exact) mass is 319 g/mol. The number of rotatable bonds is 5. The summed E-state index contributed by atoms with van der Waals surface area (Å²) in [5.41, 5.74) is 2.44. The van der Waals surface area contributed by atoms with Gasteiger partial charge in [0, 0.05) is 22.6 Å². The van der Waals surface area contributed by atoms with E-state index >= 15 is 0 Å². The van der Waals surface area contributed by atoms with Gasteiger partial charge in [-0.3, -0.25) is 0 Å². The molecule has 1 N–H and O–H groups in total. The molecule has 0 aliphatic carbocycles. The van der Waals surface area contributed by atoms with Crippen LogP contribution in [0, 0.1) is 0 Å². The molecule has 0 amide bonds. The highest BCUT2D eigenvalue weighted by molar-refractivity contribution is 9.10. The number of halogens is 1. The van der Waals surface area contributed by atoms with Crippen LogP contribution in [-0.2, 0) is 6.54 Å². The van der Waals surface area contributed by atoms with Crippen molar-refractivity contribution in [2.24, 2.45) is 0 Å². The Bertz CT molecular complexity index is 542. The van der Waals surface area contributed by atoms with Gasteiger partial charge in [-0.15, -0.1) is 0 Å². The second-order valence-corrected chi connectivity index (χ2v) is 5.39. The first-order valence-electron chi connectivity index (χ1n) is 6.31. The summed E-state index contributed by atoms with van der Waals surface area (Å²) in [7, 11) is 1.71. The highest BCUT2D eigenvalue weighted by atomic mass is 79.9. The lowest BCUT2D eigenvalue weighted by Gasteiger charge is -2.17. The van der Waals surface area contributed by atoms with Crippen LogP contribution >= 0.6 is 15.9 Å². The number of hydrogen-bond donors (Lipinski definition) is 1. The molecule has 3 heteroatoms. The average molecular weight is 320 g/mol. The van der Waals surface area contributed by atoms with Gasteiger partial charge in [0.05, 0.1) is 7.11 Å². The van der Waals surface area contributed by atoms with Gasteiger partial charge >= 0.3 is 0 Å². The SMILES string of the molecule is COc1ccccc1[C@H](C)NCc1cccc(Br)c1. The Morgan fingerprint density at radius 3 is 2.68 bits per heavy atom. The second-order valence-electron chi connectivity index (χ2n) is 4.47. The predicted molar refractivity (Wildman–Crippen MR) is 82.4 cm³/mol. The summed E-state index contributed by atoms with van der Waals surface area (Å²) in [6.07, 6.45) is 0. The maximum absolute atomic E-state index is 5.39. The summed E-state index contributed by atoms with van der Waals surface area (Å²) in [5, 5.41) is 3.52. The molecule has 0 radical (unpaired) electrons. The molecule has 19 heavy (non-hydrogen) atoms. The number of methoxy groups -OCH3 is 1. The van der Waals surface area contributed by atoms with Gasteiger partial charge < -0.3 is 10.1 Å². The van der Waals surface area contributed by atoms with E-state index in [1.807, 2.05) is 24.3 Å². The fourth-order valence-corrected chi connectivity index (χ4v) is 2.50. The Labute approximate surface area is 122 Å². The molecular weight excluding hydrogens is 302 g/mol.